The van der Waals surface area contributed by atoms with E-state index < -0.39 is 31.3 Å². The SMILES string of the molecule is CCNC(=NCC(=O)N(C)CC(F)(F)F)NCC(O)c1cccc(OC(C)C)c1.I. The second kappa shape index (κ2) is 13.5. The van der Waals surface area contributed by atoms with Crippen molar-refractivity contribution in [3.8, 4) is 5.75 Å². The molecule has 1 aromatic rings. The number of aliphatic hydroxyl groups is 1. The minimum absolute atomic E-state index is 0. The number of rotatable bonds is 9. The van der Waals surface area contributed by atoms with Crippen LogP contribution in [0.1, 0.15) is 32.4 Å². The van der Waals surface area contributed by atoms with Crippen LogP contribution in [0.2, 0.25) is 0 Å². The van der Waals surface area contributed by atoms with Crippen LogP contribution in [0.5, 0.6) is 5.75 Å². The number of benzene rings is 1. The number of nitrogens with zero attached hydrogens (tertiary/aromatic N) is 2. The molecule has 1 atom stereocenters. The summed E-state index contributed by atoms with van der Waals surface area (Å²) in [7, 11) is 1.07. The van der Waals surface area contributed by atoms with Gasteiger partial charge in [0.1, 0.15) is 18.8 Å². The third-order valence-corrected chi connectivity index (χ3v) is 3.64. The van der Waals surface area contributed by atoms with E-state index in [1.54, 1.807) is 31.2 Å². The molecule has 0 aliphatic rings. The van der Waals surface area contributed by atoms with Gasteiger partial charge in [0.15, 0.2) is 5.96 Å². The summed E-state index contributed by atoms with van der Waals surface area (Å²) in [6.07, 6.45) is -5.34. The maximum absolute atomic E-state index is 12.4. The van der Waals surface area contributed by atoms with Crippen LogP contribution < -0.4 is 15.4 Å². The Bertz CT molecular complexity index is 687. The predicted molar refractivity (Wildman–Crippen MR) is 120 cm³/mol. The Labute approximate surface area is 192 Å². The number of hydrogen-bond acceptors (Lipinski definition) is 4. The molecule has 0 spiro atoms. The van der Waals surface area contributed by atoms with Gasteiger partial charge in [0.2, 0.25) is 5.91 Å². The van der Waals surface area contributed by atoms with Crippen LogP contribution in [0.15, 0.2) is 29.3 Å². The largest absolute Gasteiger partial charge is 0.491 e. The van der Waals surface area contributed by atoms with Crippen LogP contribution in [0.4, 0.5) is 13.2 Å². The molecule has 172 valence electrons. The molecule has 1 amide bonds. The average Bonchev–Trinajstić information content (AvgIpc) is 2.61. The lowest BCUT2D eigenvalue weighted by molar-refractivity contribution is -0.157. The van der Waals surface area contributed by atoms with Gasteiger partial charge < -0.3 is 25.4 Å². The molecule has 0 radical (unpaired) electrons. The molecule has 0 aromatic heterocycles. The standard InChI is InChI=1S/C19H29F3N4O3.HI/c1-5-23-18(25-11-17(28)26(4)12-19(20,21)22)24-10-16(27)14-7-6-8-15(9-14)29-13(2)3;/h6-9,13,16,27H,5,10-12H2,1-4H3,(H2,23,24,25);1H. The molecule has 0 aliphatic heterocycles. The molecule has 0 fully saturated rings. The van der Waals surface area contributed by atoms with Crippen molar-refractivity contribution in [1.29, 1.82) is 0 Å². The quantitative estimate of drug-likeness (QED) is 0.252. The van der Waals surface area contributed by atoms with Crippen LogP contribution in [0.25, 0.3) is 0 Å². The van der Waals surface area contributed by atoms with Gasteiger partial charge in [0.05, 0.1) is 12.2 Å². The lowest BCUT2D eigenvalue weighted by atomic mass is 10.1. The zero-order chi connectivity index (χ0) is 22.0. The zero-order valence-corrected chi connectivity index (χ0v) is 19.8. The number of guanidine groups is 1. The van der Waals surface area contributed by atoms with Crippen molar-refractivity contribution in [1.82, 2.24) is 15.5 Å². The van der Waals surface area contributed by atoms with Gasteiger partial charge in [-0.05, 0) is 38.5 Å². The predicted octanol–water partition coefficient (Wildman–Crippen LogP) is 2.70. The van der Waals surface area contributed by atoms with E-state index in [-0.39, 0.29) is 42.6 Å². The Morgan fingerprint density at radius 3 is 2.53 bits per heavy atom. The Balaban J connectivity index is 0.00000841. The highest BCUT2D eigenvalue weighted by Crippen LogP contribution is 2.20. The van der Waals surface area contributed by atoms with E-state index in [0.717, 1.165) is 7.05 Å². The van der Waals surface area contributed by atoms with Crippen molar-refractivity contribution in [3.63, 3.8) is 0 Å². The Morgan fingerprint density at radius 2 is 1.97 bits per heavy atom. The zero-order valence-electron chi connectivity index (χ0n) is 17.5. The summed E-state index contributed by atoms with van der Waals surface area (Å²) < 4.78 is 42.7. The fraction of sp³-hybridized carbons (Fsp3) is 0.579. The van der Waals surface area contributed by atoms with Crippen LogP contribution >= 0.6 is 24.0 Å². The van der Waals surface area contributed by atoms with Crippen molar-refractivity contribution in [2.45, 2.75) is 39.2 Å². The van der Waals surface area contributed by atoms with Crippen molar-refractivity contribution < 1.29 is 27.8 Å². The van der Waals surface area contributed by atoms with E-state index >= 15 is 0 Å². The number of hydrogen-bond donors (Lipinski definition) is 3. The van der Waals surface area contributed by atoms with Gasteiger partial charge in [-0.1, -0.05) is 12.1 Å². The van der Waals surface area contributed by atoms with E-state index in [4.69, 9.17) is 4.74 Å². The summed E-state index contributed by atoms with van der Waals surface area (Å²) in [4.78, 5) is 16.4. The number of alkyl halides is 3. The molecule has 0 heterocycles. The fourth-order valence-corrected chi connectivity index (χ4v) is 2.34. The topological polar surface area (TPSA) is 86.2 Å². The highest BCUT2D eigenvalue weighted by molar-refractivity contribution is 14.0. The molecule has 11 heteroatoms. The minimum atomic E-state index is -4.46. The fourth-order valence-electron chi connectivity index (χ4n) is 2.34. The monoisotopic (exact) mass is 546 g/mol. The normalized spacial score (nSPS) is 12.8. The smallest absolute Gasteiger partial charge is 0.406 e. The number of carbonyl (C=O) groups excluding carboxylic acids is 1. The molecule has 30 heavy (non-hydrogen) atoms. The van der Waals surface area contributed by atoms with E-state index in [9.17, 15) is 23.1 Å². The molecule has 0 aliphatic carbocycles. The minimum Gasteiger partial charge on any atom is -0.491 e. The van der Waals surface area contributed by atoms with E-state index in [0.29, 0.717) is 22.8 Å². The number of aliphatic hydroxyl groups excluding tert-OH is 1. The van der Waals surface area contributed by atoms with Gasteiger partial charge in [-0.25, -0.2) is 4.99 Å². The summed E-state index contributed by atoms with van der Waals surface area (Å²) in [5.74, 6) is 0.0870. The number of amides is 1. The number of halogens is 4. The summed E-state index contributed by atoms with van der Waals surface area (Å²) in [6, 6.07) is 7.04. The van der Waals surface area contributed by atoms with Gasteiger partial charge in [0, 0.05) is 20.1 Å². The molecule has 0 bridgehead atoms. The summed E-state index contributed by atoms with van der Waals surface area (Å²) in [6.45, 7) is 4.39. The van der Waals surface area contributed by atoms with Crippen LogP contribution in [0, 0.1) is 0 Å². The molecule has 0 saturated carbocycles. The van der Waals surface area contributed by atoms with Crippen molar-refractivity contribution in [2.24, 2.45) is 4.99 Å². The van der Waals surface area contributed by atoms with Gasteiger partial charge in [-0.3, -0.25) is 4.79 Å². The first-order valence-electron chi connectivity index (χ1n) is 9.29. The molecule has 1 aromatic carbocycles. The highest BCUT2D eigenvalue weighted by Gasteiger charge is 2.31. The summed E-state index contributed by atoms with van der Waals surface area (Å²) in [5, 5.41) is 16.1. The maximum Gasteiger partial charge on any atom is 0.406 e. The molecule has 1 unspecified atom stereocenters. The molecule has 3 N–H and O–H groups in total. The lowest BCUT2D eigenvalue weighted by Crippen LogP contribution is -2.41. The van der Waals surface area contributed by atoms with Gasteiger partial charge >= 0.3 is 6.18 Å². The van der Waals surface area contributed by atoms with Gasteiger partial charge in [-0.2, -0.15) is 13.2 Å². The van der Waals surface area contributed by atoms with Crippen LogP contribution in [0.3, 0.4) is 0 Å². The number of aliphatic imine (C=N–C) groups is 1. The third-order valence-electron chi connectivity index (χ3n) is 3.64. The van der Waals surface area contributed by atoms with Crippen molar-refractivity contribution >= 4 is 35.8 Å². The summed E-state index contributed by atoms with van der Waals surface area (Å²) in [5.41, 5.74) is 0.632. The summed E-state index contributed by atoms with van der Waals surface area (Å²) >= 11 is 0. The highest BCUT2D eigenvalue weighted by atomic mass is 127. The lowest BCUT2D eigenvalue weighted by Gasteiger charge is -2.19. The van der Waals surface area contributed by atoms with Gasteiger partial charge in [-0.15, -0.1) is 24.0 Å². The first-order valence-corrected chi connectivity index (χ1v) is 9.29. The van der Waals surface area contributed by atoms with E-state index in [2.05, 4.69) is 15.6 Å². The number of nitrogens with one attached hydrogen (secondary N) is 2. The average molecular weight is 546 g/mol. The third kappa shape index (κ3) is 11.4. The van der Waals surface area contributed by atoms with Crippen molar-refractivity contribution in [2.75, 3.05) is 33.2 Å². The first-order chi connectivity index (χ1) is 13.5. The van der Waals surface area contributed by atoms with Crippen LogP contribution in [-0.4, -0.2) is 67.4 Å². The Kier molecular flexibility index (Phi) is 12.7. The van der Waals surface area contributed by atoms with Crippen LogP contribution in [-0.2, 0) is 4.79 Å². The Morgan fingerprint density at radius 1 is 1.30 bits per heavy atom. The van der Waals surface area contributed by atoms with Crippen molar-refractivity contribution in [3.05, 3.63) is 29.8 Å². The first kappa shape index (κ1) is 28.2. The number of likely N-dealkylation sites (N-methyl/N-ethyl adjacent to an activating group) is 1. The molecule has 0 saturated heterocycles. The molecular formula is C19H30F3IN4O3. The van der Waals surface area contributed by atoms with Gasteiger partial charge in [0.25, 0.3) is 0 Å². The molecular weight excluding hydrogens is 516 g/mol. The maximum atomic E-state index is 12.4. The van der Waals surface area contributed by atoms with E-state index in [1.165, 1.54) is 0 Å². The second-order valence-corrected chi connectivity index (χ2v) is 6.70. The Hall–Kier alpha value is -1.76. The molecule has 1 rings (SSSR count). The van der Waals surface area contributed by atoms with E-state index in [1.807, 2.05) is 13.8 Å². The number of ether oxygens (including phenoxy) is 1. The number of carbonyl (C=O) groups is 1. The molecule has 7 nitrogen and oxygen atoms in total. The second-order valence-electron chi connectivity index (χ2n) is 6.70.